The lowest BCUT2D eigenvalue weighted by atomic mass is 9.90. The van der Waals surface area contributed by atoms with Crippen molar-refractivity contribution in [3.05, 3.63) is 102 Å². The van der Waals surface area contributed by atoms with Gasteiger partial charge in [-0.2, -0.15) is 0 Å². The number of nitrogens with zero attached hydrogens (tertiary/aromatic N) is 2. The second-order valence-electron chi connectivity index (χ2n) is 10.7. The number of ether oxygens (including phenoxy) is 1. The molecule has 0 aliphatic carbocycles. The van der Waals surface area contributed by atoms with E-state index in [2.05, 4.69) is 82.7 Å². The molecule has 2 saturated heterocycles. The summed E-state index contributed by atoms with van der Waals surface area (Å²) >= 11 is 0. The van der Waals surface area contributed by atoms with Crippen LogP contribution >= 0.6 is 0 Å². The fourth-order valence-electron chi connectivity index (χ4n) is 5.94. The SMILES string of the molecule is CCN1CCCC(NC(=O)c2cccc(OC3CCCN(CC(c4ccccc4)c4ccccc4)C3)c2)C1.[HH]. The molecule has 38 heavy (non-hydrogen) atoms. The van der Waals surface area contributed by atoms with E-state index in [0.717, 1.165) is 70.7 Å². The van der Waals surface area contributed by atoms with E-state index in [4.69, 9.17) is 4.74 Å². The van der Waals surface area contributed by atoms with Crippen molar-refractivity contribution in [2.24, 2.45) is 0 Å². The van der Waals surface area contributed by atoms with Gasteiger partial charge >= 0.3 is 0 Å². The van der Waals surface area contributed by atoms with E-state index in [9.17, 15) is 4.79 Å². The maximum absolute atomic E-state index is 13.0. The molecular formula is C33H43N3O2. The summed E-state index contributed by atoms with van der Waals surface area (Å²) in [6.07, 6.45) is 4.43. The van der Waals surface area contributed by atoms with E-state index in [1.807, 2.05) is 24.3 Å². The molecule has 2 atom stereocenters. The monoisotopic (exact) mass is 513 g/mol. The highest BCUT2D eigenvalue weighted by molar-refractivity contribution is 5.94. The zero-order valence-electron chi connectivity index (χ0n) is 22.6. The third kappa shape index (κ3) is 7.03. The molecule has 1 amide bonds. The van der Waals surface area contributed by atoms with Crippen molar-refractivity contribution in [3.63, 3.8) is 0 Å². The van der Waals surface area contributed by atoms with Gasteiger partial charge in [0.05, 0.1) is 0 Å². The minimum atomic E-state index is -0.00256. The van der Waals surface area contributed by atoms with Gasteiger partial charge in [-0.3, -0.25) is 9.69 Å². The average molecular weight is 514 g/mol. The van der Waals surface area contributed by atoms with Crippen LogP contribution in [0.25, 0.3) is 0 Å². The standard InChI is InChI=1S/C33H41N3O2.H2/c1-2-35-20-10-17-29(23-35)34-33(37)28-16-9-18-30(22-28)38-31-19-11-21-36(24-31)25-32(26-12-5-3-6-13-26)27-14-7-4-8-15-27;/h3-9,12-16,18,22,29,31-32H,2,10-11,17,19-21,23-25H2,1H3,(H,34,37);1H. The molecule has 3 aromatic carbocycles. The summed E-state index contributed by atoms with van der Waals surface area (Å²) in [5.74, 6) is 1.11. The number of hydrogen-bond donors (Lipinski definition) is 1. The molecule has 0 bridgehead atoms. The van der Waals surface area contributed by atoms with Gasteiger partial charge < -0.3 is 15.0 Å². The lowest BCUT2D eigenvalue weighted by Gasteiger charge is -2.35. The van der Waals surface area contributed by atoms with Crippen LogP contribution in [0.3, 0.4) is 0 Å². The van der Waals surface area contributed by atoms with Gasteiger partial charge in [0.2, 0.25) is 0 Å². The van der Waals surface area contributed by atoms with Gasteiger partial charge in [0.1, 0.15) is 11.9 Å². The van der Waals surface area contributed by atoms with Crippen molar-refractivity contribution in [1.82, 2.24) is 15.1 Å². The van der Waals surface area contributed by atoms with Crippen LogP contribution in [0.5, 0.6) is 5.75 Å². The normalized spacial score (nSPS) is 20.8. The Morgan fingerprint density at radius 2 is 1.58 bits per heavy atom. The number of hydrogen-bond acceptors (Lipinski definition) is 4. The molecule has 0 aromatic heterocycles. The van der Waals surface area contributed by atoms with E-state index in [1.54, 1.807) is 0 Å². The molecule has 3 aromatic rings. The number of carbonyl (C=O) groups excluding carboxylic acids is 1. The van der Waals surface area contributed by atoms with Crippen molar-refractivity contribution >= 4 is 5.91 Å². The maximum Gasteiger partial charge on any atom is 0.251 e. The van der Waals surface area contributed by atoms with Crippen molar-refractivity contribution in [3.8, 4) is 5.75 Å². The van der Waals surface area contributed by atoms with E-state index < -0.39 is 0 Å². The van der Waals surface area contributed by atoms with Crippen molar-refractivity contribution < 1.29 is 11.0 Å². The number of rotatable bonds is 9. The van der Waals surface area contributed by atoms with Crippen LogP contribution in [0, 0.1) is 0 Å². The molecule has 0 radical (unpaired) electrons. The Kier molecular flexibility index (Phi) is 9.11. The number of carbonyl (C=O) groups is 1. The van der Waals surface area contributed by atoms with Gasteiger partial charge in [0, 0.05) is 38.6 Å². The summed E-state index contributed by atoms with van der Waals surface area (Å²) in [7, 11) is 0. The predicted molar refractivity (Wildman–Crippen MR) is 156 cm³/mol. The summed E-state index contributed by atoms with van der Waals surface area (Å²) in [5, 5.41) is 3.25. The van der Waals surface area contributed by atoms with Gasteiger partial charge in [-0.25, -0.2) is 0 Å². The highest BCUT2D eigenvalue weighted by Gasteiger charge is 2.26. The zero-order valence-corrected chi connectivity index (χ0v) is 22.6. The Labute approximate surface area is 229 Å². The van der Waals surface area contributed by atoms with Crippen LogP contribution in [-0.4, -0.2) is 67.1 Å². The maximum atomic E-state index is 13.0. The first kappa shape index (κ1) is 26.5. The van der Waals surface area contributed by atoms with Gasteiger partial charge in [-0.05, 0) is 74.6 Å². The van der Waals surface area contributed by atoms with Gasteiger partial charge in [0.25, 0.3) is 5.91 Å². The summed E-state index contributed by atoms with van der Waals surface area (Å²) in [4.78, 5) is 17.9. The quantitative estimate of drug-likeness (QED) is 0.392. The summed E-state index contributed by atoms with van der Waals surface area (Å²) in [6, 6.07) is 29.6. The highest BCUT2D eigenvalue weighted by atomic mass is 16.5. The zero-order chi connectivity index (χ0) is 26.2. The summed E-state index contributed by atoms with van der Waals surface area (Å²) in [5.41, 5.74) is 3.37. The Morgan fingerprint density at radius 1 is 0.895 bits per heavy atom. The molecule has 2 unspecified atom stereocenters. The number of benzene rings is 3. The smallest absolute Gasteiger partial charge is 0.251 e. The molecule has 2 aliphatic heterocycles. The van der Waals surface area contributed by atoms with E-state index in [0.29, 0.717) is 11.5 Å². The second kappa shape index (κ2) is 13.1. The van der Waals surface area contributed by atoms with Crippen LogP contribution in [0.2, 0.25) is 0 Å². The molecule has 2 aliphatic rings. The Balaban J connectivity index is 0.00000353. The first-order valence-corrected chi connectivity index (χ1v) is 14.3. The number of nitrogens with one attached hydrogen (secondary N) is 1. The van der Waals surface area contributed by atoms with Crippen LogP contribution in [0.15, 0.2) is 84.9 Å². The molecule has 0 saturated carbocycles. The predicted octanol–water partition coefficient (Wildman–Crippen LogP) is 5.82. The van der Waals surface area contributed by atoms with E-state index in [1.165, 1.54) is 11.1 Å². The first-order chi connectivity index (χ1) is 18.7. The third-order valence-corrected chi connectivity index (χ3v) is 7.99. The fraction of sp³-hybridized carbons (Fsp3) is 0.424. The molecule has 2 heterocycles. The minimum absolute atomic E-state index is 0. The van der Waals surface area contributed by atoms with Crippen molar-refractivity contribution in [2.45, 2.75) is 50.7 Å². The molecule has 5 nitrogen and oxygen atoms in total. The Hall–Kier alpha value is -3.15. The van der Waals surface area contributed by atoms with Crippen LogP contribution < -0.4 is 10.1 Å². The Bertz CT molecular complexity index is 1120. The van der Waals surface area contributed by atoms with Gasteiger partial charge in [0.15, 0.2) is 0 Å². The van der Waals surface area contributed by atoms with E-state index >= 15 is 0 Å². The first-order valence-electron chi connectivity index (χ1n) is 14.3. The van der Waals surface area contributed by atoms with Crippen molar-refractivity contribution in [1.29, 1.82) is 0 Å². The van der Waals surface area contributed by atoms with Gasteiger partial charge in [-0.15, -0.1) is 0 Å². The van der Waals surface area contributed by atoms with Gasteiger partial charge in [-0.1, -0.05) is 73.7 Å². The lowest BCUT2D eigenvalue weighted by molar-refractivity contribution is 0.0856. The summed E-state index contributed by atoms with van der Waals surface area (Å²) < 4.78 is 6.46. The van der Waals surface area contributed by atoms with Crippen molar-refractivity contribution in [2.75, 3.05) is 39.3 Å². The van der Waals surface area contributed by atoms with E-state index in [-0.39, 0.29) is 19.5 Å². The Morgan fingerprint density at radius 3 is 2.29 bits per heavy atom. The number of likely N-dealkylation sites (tertiary alicyclic amines) is 2. The molecule has 0 spiro atoms. The lowest BCUT2D eigenvalue weighted by Crippen LogP contribution is -2.47. The fourth-order valence-corrected chi connectivity index (χ4v) is 5.94. The molecular weight excluding hydrogens is 470 g/mol. The number of amides is 1. The van der Waals surface area contributed by atoms with Crippen LogP contribution in [-0.2, 0) is 0 Å². The molecule has 202 valence electrons. The number of likely N-dealkylation sites (N-methyl/N-ethyl adjacent to an activating group) is 1. The number of piperidine rings is 2. The molecule has 5 heteroatoms. The largest absolute Gasteiger partial charge is 0.489 e. The van der Waals surface area contributed by atoms with Crippen LogP contribution in [0.1, 0.15) is 61.4 Å². The molecule has 5 rings (SSSR count). The summed E-state index contributed by atoms with van der Waals surface area (Å²) in [6.45, 7) is 8.21. The second-order valence-corrected chi connectivity index (χ2v) is 10.7. The third-order valence-electron chi connectivity index (χ3n) is 7.99. The average Bonchev–Trinajstić information content (AvgIpc) is 2.97. The molecule has 1 N–H and O–H groups in total. The highest BCUT2D eigenvalue weighted by Crippen LogP contribution is 2.28. The minimum Gasteiger partial charge on any atom is -0.489 e. The molecule has 2 fully saturated rings. The van der Waals surface area contributed by atoms with Crippen LogP contribution in [0.4, 0.5) is 0 Å². The topological polar surface area (TPSA) is 44.8 Å².